The molecule has 0 aliphatic carbocycles. The number of benzene rings is 1. The lowest BCUT2D eigenvalue weighted by molar-refractivity contribution is -0.116. The molecule has 3 rings (SSSR count). The number of nitrogens with one attached hydrogen (secondary N) is 1. The zero-order valence-corrected chi connectivity index (χ0v) is 12.9. The zero-order valence-electron chi connectivity index (χ0n) is 12.0. The van der Waals surface area contributed by atoms with Crippen molar-refractivity contribution in [3.63, 3.8) is 0 Å². The zero-order chi connectivity index (χ0) is 15.4. The van der Waals surface area contributed by atoms with E-state index in [1.54, 1.807) is 24.5 Å². The van der Waals surface area contributed by atoms with E-state index >= 15 is 0 Å². The van der Waals surface area contributed by atoms with Crippen molar-refractivity contribution >= 4 is 34.3 Å². The van der Waals surface area contributed by atoms with Gasteiger partial charge in [0.1, 0.15) is 5.76 Å². The minimum absolute atomic E-state index is 0.152. The molecule has 112 valence electrons. The van der Waals surface area contributed by atoms with Gasteiger partial charge in [-0.2, -0.15) is 0 Å². The van der Waals surface area contributed by atoms with Crippen molar-refractivity contribution in [2.75, 3.05) is 7.11 Å². The maximum Gasteiger partial charge on any atom is 0.244 e. The molecule has 0 spiro atoms. The Balaban J connectivity index is 1.68. The van der Waals surface area contributed by atoms with Crippen LogP contribution in [-0.2, 0) is 11.3 Å². The van der Waals surface area contributed by atoms with Crippen LogP contribution in [0.4, 0.5) is 0 Å². The number of ether oxygens (including phenoxy) is 1. The largest absolute Gasteiger partial charge is 0.493 e. The predicted octanol–water partition coefficient (Wildman–Crippen LogP) is 3.83. The molecule has 22 heavy (non-hydrogen) atoms. The normalized spacial score (nSPS) is 11.1. The Morgan fingerprint density at radius 1 is 1.36 bits per heavy atom. The molecule has 3 aromatic rings. The summed E-state index contributed by atoms with van der Waals surface area (Å²) in [5, 5.41) is 5.76. The smallest absolute Gasteiger partial charge is 0.244 e. The highest BCUT2D eigenvalue weighted by Gasteiger charge is 2.07. The first-order valence-corrected chi connectivity index (χ1v) is 7.69. The topological polar surface area (TPSA) is 51.5 Å². The molecule has 2 heterocycles. The Morgan fingerprint density at radius 3 is 3.05 bits per heavy atom. The van der Waals surface area contributed by atoms with Gasteiger partial charge in [0.15, 0.2) is 11.3 Å². The number of carbonyl (C=O) groups excluding carboxylic acids is 1. The van der Waals surface area contributed by atoms with Gasteiger partial charge < -0.3 is 14.5 Å². The molecule has 1 aromatic carbocycles. The molecule has 5 heteroatoms. The molecule has 1 amide bonds. The van der Waals surface area contributed by atoms with Crippen LogP contribution in [0.3, 0.4) is 0 Å². The molecule has 4 nitrogen and oxygen atoms in total. The lowest BCUT2D eigenvalue weighted by Crippen LogP contribution is -2.19. The third kappa shape index (κ3) is 3.20. The summed E-state index contributed by atoms with van der Waals surface area (Å²) in [4.78, 5) is 12.9. The number of thiophene rings is 1. The van der Waals surface area contributed by atoms with Crippen molar-refractivity contribution < 1.29 is 13.9 Å². The molecular weight excluding hydrogens is 298 g/mol. The van der Waals surface area contributed by atoms with Gasteiger partial charge in [-0.25, -0.2) is 0 Å². The molecule has 0 fully saturated rings. The summed E-state index contributed by atoms with van der Waals surface area (Å²) >= 11 is 1.62. The standard InChI is InChI=1S/C17H15NO3S/c1-20-15-6-2-4-12-10-13(21-17(12)15)7-8-16(19)18-11-14-5-3-9-22-14/h2-10H,11H2,1H3,(H,18,19)/b8-7+. The number of hydrogen-bond donors (Lipinski definition) is 1. The number of furan rings is 1. The molecule has 1 N–H and O–H groups in total. The van der Waals surface area contributed by atoms with E-state index in [1.165, 1.54) is 6.08 Å². The molecule has 0 saturated heterocycles. The predicted molar refractivity (Wildman–Crippen MR) is 88.0 cm³/mol. The Kier molecular flexibility index (Phi) is 4.25. The molecular formula is C17H15NO3S. The van der Waals surface area contributed by atoms with Crippen molar-refractivity contribution in [2.24, 2.45) is 0 Å². The van der Waals surface area contributed by atoms with E-state index in [9.17, 15) is 4.79 Å². The second-order valence-electron chi connectivity index (χ2n) is 4.66. The van der Waals surface area contributed by atoms with E-state index in [4.69, 9.17) is 9.15 Å². The Morgan fingerprint density at radius 2 is 2.27 bits per heavy atom. The van der Waals surface area contributed by atoms with Gasteiger partial charge in [0, 0.05) is 16.3 Å². The van der Waals surface area contributed by atoms with Gasteiger partial charge in [0.25, 0.3) is 0 Å². The Labute approximate surface area is 132 Å². The highest BCUT2D eigenvalue weighted by Crippen LogP contribution is 2.28. The van der Waals surface area contributed by atoms with Crippen LogP contribution in [0.2, 0.25) is 0 Å². The summed E-state index contributed by atoms with van der Waals surface area (Å²) < 4.78 is 11.0. The van der Waals surface area contributed by atoms with E-state index in [0.717, 1.165) is 10.3 Å². The van der Waals surface area contributed by atoms with Crippen LogP contribution >= 0.6 is 11.3 Å². The van der Waals surface area contributed by atoms with Crippen LogP contribution in [0, 0.1) is 0 Å². The molecule has 0 atom stereocenters. The van der Waals surface area contributed by atoms with Crippen LogP contribution in [0.5, 0.6) is 5.75 Å². The summed E-state index contributed by atoms with van der Waals surface area (Å²) in [6.07, 6.45) is 3.13. The van der Waals surface area contributed by atoms with Gasteiger partial charge in [-0.05, 0) is 29.7 Å². The number of amides is 1. The van der Waals surface area contributed by atoms with E-state index in [2.05, 4.69) is 5.32 Å². The first-order valence-electron chi connectivity index (χ1n) is 6.81. The molecule has 0 aliphatic heterocycles. The van der Waals surface area contributed by atoms with E-state index in [-0.39, 0.29) is 5.91 Å². The third-order valence-electron chi connectivity index (χ3n) is 3.16. The number of methoxy groups -OCH3 is 1. The van der Waals surface area contributed by atoms with Crippen molar-refractivity contribution in [3.05, 3.63) is 58.5 Å². The summed E-state index contributed by atoms with van der Waals surface area (Å²) in [6, 6.07) is 11.5. The van der Waals surface area contributed by atoms with E-state index < -0.39 is 0 Å². The number of rotatable bonds is 5. The minimum atomic E-state index is -0.152. The summed E-state index contributed by atoms with van der Waals surface area (Å²) in [6.45, 7) is 0.537. The van der Waals surface area contributed by atoms with Gasteiger partial charge in [-0.1, -0.05) is 18.2 Å². The van der Waals surface area contributed by atoms with Crippen LogP contribution in [0.25, 0.3) is 17.0 Å². The highest BCUT2D eigenvalue weighted by atomic mass is 32.1. The second-order valence-corrected chi connectivity index (χ2v) is 5.69. The van der Waals surface area contributed by atoms with Crippen LogP contribution in [0.1, 0.15) is 10.6 Å². The van der Waals surface area contributed by atoms with Crippen molar-refractivity contribution in [2.45, 2.75) is 6.54 Å². The Bertz CT molecular complexity index is 803. The first-order chi connectivity index (χ1) is 10.8. The second kappa shape index (κ2) is 6.49. The van der Waals surface area contributed by atoms with Crippen LogP contribution in [-0.4, -0.2) is 13.0 Å². The van der Waals surface area contributed by atoms with Crippen LogP contribution in [0.15, 0.2) is 52.3 Å². The average molecular weight is 313 g/mol. The lowest BCUT2D eigenvalue weighted by Gasteiger charge is -1.98. The summed E-state index contributed by atoms with van der Waals surface area (Å²) in [5.41, 5.74) is 0.684. The van der Waals surface area contributed by atoms with Crippen LogP contribution < -0.4 is 10.1 Å². The monoisotopic (exact) mass is 313 g/mol. The van der Waals surface area contributed by atoms with Crippen molar-refractivity contribution in [1.82, 2.24) is 5.32 Å². The quantitative estimate of drug-likeness (QED) is 0.728. The molecule has 0 saturated carbocycles. The SMILES string of the molecule is COc1cccc2cc(/C=C/C(=O)NCc3cccs3)oc12. The molecule has 2 aromatic heterocycles. The fourth-order valence-corrected chi connectivity index (χ4v) is 2.75. The van der Waals surface area contributed by atoms with Crippen molar-refractivity contribution in [3.8, 4) is 5.75 Å². The molecule has 0 bridgehead atoms. The summed E-state index contributed by atoms with van der Waals surface area (Å²) in [5.74, 6) is 1.14. The van der Waals surface area contributed by atoms with E-state index in [0.29, 0.717) is 23.6 Å². The molecule has 0 unspecified atom stereocenters. The van der Waals surface area contributed by atoms with Gasteiger partial charge >= 0.3 is 0 Å². The first kappa shape index (κ1) is 14.4. The van der Waals surface area contributed by atoms with Crippen molar-refractivity contribution in [1.29, 1.82) is 0 Å². The molecule has 0 radical (unpaired) electrons. The number of fused-ring (bicyclic) bond motifs is 1. The lowest BCUT2D eigenvalue weighted by atomic mass is 10.2. The average Bonchev–Trinajstić information content (AvgIpc) is 3.19. The Hall–Kier alpha value is -2.53. The number of hydrogen-bond acceptors (Lipinski definition) is 4. The van der Waals surface area contributed by atoms with Gasteiger partial charge in [0.2, 0.25) is 5.91 Å². The number of carbonyl (C=O) groups is 1. The van der Waals surface area contributed by atoms with Gasteiger partial charge in [-0.3, -0.25) is 4.79 Å². The van der Waals surface area contributed by atoms with Gasteiger partial charge in [-0.15, -0.1) is 11.3 Å². The third-order valence-corrected chi connectivity index (χ3v) is 4.04. The fraction of sp³-hybridized carbons (Fsp3) is 0.118. The fourth-order valence-electron chi connectivity index (χ4n) is 2.10. The van der Waals surface area contributed by atoms with Gasteiger partial charge in [0.05, 0.1) is 13.7 Å². The summed E-state index contributed by atoms with van der Waals surface area (Å²) in [7, 11) is 1.60. The number of para-hydroxylation sites is 1. The maximum absolute atomic E-state index is 11.8. The molecule has 0 aliphatic rings. The van der Waals surface area contributed by atoms with E-state index in [1.807, 2.05) is 41.8 Å². The minimum Gasteiger partial charge on any atom is -0.493 e. The highest BCUT2D eigenvalue weighted by molar-refractivity contribution is 7.09. The maximum atomic E-state index is 11.8.